The highest BCUT2D eigenvalue weighted by molar-refractivity contribution is 7.98. The quantitative estimate of drug-likeness (QED) is 0.565. The lowest BCUT2D eigenvalue weighted by molar-refractivity contribution is -0.123. The predicted molar refractivity (Wildman–Crippen MR) is 113 cm³/mol. The van der Waals surface area contributed by atoms with Crippen molar-refractivity contribution in [2.24, 2.45) is 0 Å². The zero-order valence-corrected chi connectivity index (χ0v) is 18.7. The van der Waals surface area contributed by atoms with Gasteiger partial charge in [-0.1, -0.05) is 12.1 Å². The highest BCUT2D eigenvalue weighted by Crippen LogP contribution is 2.17. The highest BCUT2D eigenvalue weighted by Gasteiger charge is 2.31. The maximum atomic E-state index is 14.0. The summed E-state index contributed by atoms with van der Waals surface area (Å²) in [6.07, 6.45) is 2.18. The predicted octanol–water partition coefficient (Wildman–Crippen LogP) is 1.45. The van der Waals surface area contributed by atoms with Gasteiger partial charge in [0.25, 0.3) is 0 Å². The Balaban J connectivity index is 2.06. The second-order valence-corrected chi connectivity index (χ2v) is 10.2. The summed E-state index contributed by atoms with van der Waals surface area (Å²) in [5.74, 6) is -0.678. The lowest BCUT2D eigenvalue weighted by Gasteiger charge is -2.41. The number of nitrogens with one attached hydrogen (secondary N) is 2. The molecule has 1 aromatic carbocycles. The number of carbonyl (C=O) groups excluding carboxylic acids is 1. The molecule has 10 heteroatoms. The third-order valence-electron chi connectivity index (χ3n) is 4.91. The van der Waals surface area contributed by atoms with E-state index in [0.29, 0.717) is 31.9 Å². The first-order valence-corrected chi connectivity index (χ1v) is 12.4. The molecule has 1 heterocycles. The minimum atomic E-state index is -4.16. The third-order valence-corrected chi connectivity index (χ3v) is 7.06. The molecule has 0 aliphatic carbocycles. The molecule has 1 saturated heterocycles. The summed E-state index contributed by atoms with van der Waals surface area (Å²) in [6, 6.07) is 4.14. The van der Waals surface area contributed by atoms with Crippen molar-refractivity contribution in [3.8, 4) is 0 Å². The van der Waals surface area contributed by atoms with Gasteiger partial charge in [-0.15, -0.1) is 0 Å². The topological polar surface area (TPSA) is 87.7 Å². The number of halogens is 1. The van der Waals surface area contributed by atoms with Crippen LogP contribution in [0.1, 0.15) is 20.3 Å². The Morgan fingerprint density at radius 2 is 1.97 bits per heavy atom. The third kappa shape index (κ3) is 6.92. The fraction of sp³-hybridized carbons (Fsp3) is 0.632. The number of ether oxygens (including phenoxy) is 1. The van der Waals surface area contributed by atoms with E-state index >= 15 is 0 Å². The lowest BCUT2D eigenvalue weighted by Crippen LogP contribution is -2.57. The van der Waals surface area contributed by atoms with Crippen molar-refractivity contribution in [3.63, 3.8) is 0 Å². The molecule has 29 heavy (non-hydrogen) atoms. The van der Waals surface area contributed by atoms with Crippen LogP contribution in [0.2, 0.25) is 0 Å². The Hall–Kier alpha value is -1.20. The number of hydrogen-bond acceptors (Lipinski definition) is 6. The summed E-state index contributed by atoms with van der Waals surface area (Å²) in [6.45, 7) is 7.27. The summed E-state index contributed by atoms with van der Waals surface area (Å²) >= 11 is 1.51. The van der Waals surface area contributed by atoms with Crippen molar-refractivity contribution >= 4 is 27.7 Å². The second-order valence-electron chi connectivity index (χ2n) is 7.52. The van der Waals surface area contributed by atoms with Crippen LogP contribution >= 0.6 is 11.8 Å². The number of morpholine rings is 1. The zero-order chi connectivity index (χ0) is 21.5. The van der Waals surface area contributed by atoms with Crippen molar-refractivity contribution in [2.75, 3.05) is 44.9 Å². The normalized spacial score (nSPS) is 17.1. The molecule has 0 saturated carbocycles. The van der Waals surface area contributed by atoms with E-state index in [1.54, 1.807) is 0 Å². The summed E-state index contributed by atoms with van der Waals surface area (Å²) in [5, 5.41) is 2.87. The van der Waals surface area contributed by atoms with E-state index < -0.39 is 32.7 Å². The lowest BCUT2D eigenvalue weighted by atomic mass is 10.0. The number of thioether (sulfide) groups is 1. The van der Waals surface area contributed by atoms with Gasteiger partial charge in [-0.05, 0) is 44.4 Å². The molecule has 1 aromatic rings. The first-order chi connectivity index (χ1) is 13.7. The van der Waals surface area contributed by atoms with E-state index in [4.69, 9.17) is 4.74 Å². The van der Waals surface area contributed by atoms with Crippen LogP contribution < -0.4 is 10.0 Å². The number of nitrogens with zero attached hydrogens (tertiary/aromatic N) is 1. The number of carbonyl (C=O) groups is 1. The van der Waals surface area contributed by atoms with Gasteiger partial charge in [0.2, 0.25) is 15.9 Å². The smallest absolute Gasteiger partial charge is 0.244 e. The molecule has 0 bridgehead atoms. The number of hydrogen-bond donors (Lipinski definition) is 2. The van der Waals surface area contributed by atoms with Gasteiger partial charge in [-0.2, -0.15) is 16.5 Å². The average Bonchev–Trinajstić information content (AvgIpc) is 2.70. The van der Waals surface area contributed by atoms with E-state index in [2.05, 4.69) is 14.9 Å². The fourth-order valence-electron chi connectivity index (χ4n) is 3.10. The number of sulfonamides is 1. The van der Waals surface area contributed by atoms with Crippen LogP contribution in [0.4, 0.5) is 4.39 Å². The van der Waals surface area contributed by atoms with Crippen LogP contribution in [-0.4, -0.2) is 75.7 Å². The minimum Gasteiger partial charge on any atom is -0.379 e. The van der Waals surface area contributed by atoms with Gasteiger partial charge >= 0.3 is 0 Å². The van der Waals surface area contributed by atoms with Crippen molar-refractivity contribution in [1.29, 1.82) is 0 Å². The monoisotopic (exact) mass is 447 g/mol. The Morgan fingerprint density at radius 3 is 2.59 bits per heavy atom. The molecule has 7 nitrogen and oxygen atoms in total. The number of benzene rings is 1. The van der Waals surface area contributed by atoms with Gasteiger partial charge in [-0.25, -0.2) is 12.8 Å². The molecule has 1 aliphatic heterocycles. The summed E-state index contributed by atoms with van der Waals surface area (Å²) in [4.78, 5) is 14.6. The van der Waals surface area contributed by atoms with Crippen LogP contribution in [0.15, 0.2) is 29.2 Å². The molecule has 1 aliphatic rings. The van der Waals surface area contributed by atoms with E-state index in [0.717, 1.165) is 19.2 Å². The van der Waals surface area contributed by atoms with Gasteiger partial charge in [0.05, 0.1) is 13.2 Å². The highest BCUT2D eigenvalue weighted by atomic mass is 32.2. The van der Waals surface area contributed by atoms with E-state index in [1.807, 2.05) is 20.1 Å². The van der Waals surface area contributed by atoms with Gasteiger partial charge in [-0.3, -0.25) is 9.69 Å². The van der Waals surface area contributed by atoms with Crippen LogP contribution in [0.5, 0.6) is 0 Å². The van der Waals surface area contributed by atoms with Gasteiger partial charge in [0, 0.05) is 25.2 Å². The molecule has 1 fully saturated rings. The van der Waals surface area contributed by atoms with Gasteiger partial charge in [0.1, 0.15) is 16.8 Å². The fourth-order valence-corrected chi connectivity index (χ4v) is 4.88. The Kier molecular flexibility index (Phi) is 8.90. The van der Waals surface area contributed by atoms with Crippen LogP contribution in [0.25, 0.3) is 0 Å². The molecule has 2 rings (SSSR count). The first-order valence-electron chi connectivity index (χ1n) is 9.54. The van der Waals surface area contributed by atoms with Crippen molar-refractivity contribution in [3.05, 3.63) is 30.1 Å². The SMILES string of the molecule is CSCC[C@@H](NS(=O)(=O)c1ccccc1F)C(=O)NCC(C)(C)N1CCOCC1. The Morgan fingerprint density at radius 1 is 1.31 bits per heavy atom. The molecule has 0 radical (unpaired) electrons. The molecule has 1 amide bonds. The number of rotatable bonds is 10. The summed E-state index contributed by atoms with van der Waals surface area (Å²) in [5.41, 5.74) is -0.298. The van der Waals surface area contributed by atoms with E-state index in [1.165, 1.54) is 30.0 Å². The molecule has 0 spiro atoms. The molecule has 2 N–H and O–H groups in total. The van der Waals surface area contributed by atoms with Crippen LogP contribution in [0.3, 0.4) is 0 Å². The van der Waals surface area contributed by atoms with Crippen molar-refractivity contribution < 1.29 is 22.3 Å². The van der Waals surface area contributed by atoms with Gasteiger partial charge in [0.15, 0.2) is 0 Å². The van der Waals surface area contributed by atoms with Crippen LogP contribution in [-0.2, 0) is 19.6 Å². The zero-order valence-electron chi connectivity index (χ0n) is 17.1. The van der Waals surface area contributed by atoms with Crippen LogP contribution in [0, 0.1) is 5.82 Å². The maximum Gasteiger partial charge on any atom is 0.244 e. The standard InChI is InChI=1S/C19H30FN3O4S2/c1-19(2,23-9-11-27-12-10-23)14-21-18(24)16(8-13-28-3)22-29(25,26)17-7-5-4-6-15(17)20/h4-7,16,22H,8-14H2,1-3H3,(H,21,24)/t16-/m1/s1. The van der Waals surface area contributed by atoms with E-state index in [-0.39, 0.29) is 5.54 Å². The largest absolute Gasteiger partial charge is 0.379 e. The van der Waals surface area contributed by atoms with E-state index in [9.17, 15) is 17.6 Å². The number of amides is 1. The molecule has 1 atom stereocenters. The Bertz CT molecular complexity index is 783. The summed E-state index contributed by atoms with van der Waals surface area (Å²) < 4.78 is 46.9. The summed E-state index contributed by atoms with van der Waals surface area (Å²) in [7, 11) is -4.16. The molecular formula is C19H30FN3O4S2. The molecular weight excluding hydrogens is 417 g/mol. The average molecular weight is 448 g/mol. The van der Waals surface area contributed by atoms with Gasteiger partial charge < -0.3 is 10.1 Å². The minimum absolute atomic E-state index is 0.298. The molecule has 164 valence electrons. The Labute approximate surface area is 176 Å². The first kappa shape index (κ1) is 24.1. The van der Waals surface area contributed by atoms with Crippen molar-refractivity contribution in [1.82, 2.24) is 14.9 Å². The molecule has 0 aromatic heterocycles. The molecule has 0 unspecified atom stereocenters. The van der Waals surface area contributed by atoms with Crippen molar-refractivity contribution in [2.45, 2.75) is 36.7 Å². The second kappa shape index (κ2) is 10.7. The maximum absolute atomic E-state index is 14.0.